The van der Waals surface area contributed by atoms with Gasteiger partial charge in [-0.2, -0.15) is 0 Å². The summed E-state index contributed by atoms with van der Waals surface area (Å²) < 4.78 is 23.8. The molecular formula is C23H27NO5. The molecule has 2 aromatic heterocycles. The van der Waals surface area contributed by atoms with E-state index < -0.39 is 11.2 Å². The molecule has 29 heavy (non-hydrogen) atoms. The number of ketones is 1. The second-order valence-electron chi connectivity index (χ2n) is 8.52. The fourth-order valence-electron chi connectivity index (χ4n) is 4.28. The van der Waals surface area contributed by atoms with Crippen molar-refractivity contribution in [3.05, 3.63) is 46.6 Å². The summed E-state index contributed by atoms with van der Waals surface area (Å²) in [5.41, 5.74) is 1.51. The lowest BCUT2D eigenvalue weighted by molar-refractivity contribution is -0.0674. The number of aromatic nitrogens is 1. The number of hydrogen-bond acceptors (Lipinski definition) is 6. The highest BCUT2D eigenvalue weighted by Gasteiger charge is 2.57. The van der Waals surface area contributed by atoms with E-state index in [0.29, 0.717) is 45.9 Å². The van der Waals surface area contributed by atoms with Gasteiger partial charge in [-0.1, -0.05) is 18.6 Å². The van der Waals surface area contributed by atoms with E-state index in [1.807, 2.05) is 34.6 Å². The second kappa shape index (κ2) is 6.46. The van der Waals surface area contributed by atoms with Crippen LogP contribution in [0.1, 0.15) is 57.1 Å². The average molecular weight is 397 g/mol. The number of hydrogen-bond donors (Lipinski definition) is 0. The lowest BCUT2D eigenvalue weighted by Gasteiger charge is -2.37. The van der Waals surface area contributed by atoms with E-state index in [1.54, 1.807) is 26.5 Å². The number of allylic oxidation sites excluding steroid dienone is 1. The van der Waals surface area contributed by atoms with Crippen molar-refractivity contribution in [3.8, 4) is 5.75 Å². The molecule has 0 spiro atoms. The zero-order valence-corrected chi connectivity index (χ0v) is 18.0. The standard InChI is InChI=1S/C23H27NO5/c1-12(2)8-10-23(27-7)19-16(18(26-6)14-9-11-28-21(14)24-19)17(25)15-13(3)22(4,5)29-20(15)23/h8-9,11,13H,10H2,1-7H3. The molecule has 1 aliphatic heterocycles. The van der Waals surface area contributed by atoms with Crippen LogP contribution in [0, 0.1) is 5.92 Å². The topological polar surface area (TPSA) is 70.8 Å². The summed E-state index contributed by atoms with van der Waals surface area (Å²) in [6.45, 7) is 10.1. The van der Waals surface area contributed by atoms with Gasteiger partial charge >= 0.3 is 0 Å². The Labute approximate surface area is 170 Å². The molecule has 0 N–H and O–H groups in total. The fourth-order valence-corrected chi connectivity index (χ4v) is 4.28. The van der Waals surface area contributed by atoms with Crippen LogP contribution in [-0.4, -0.2) is 30.6 Å². The quantitative estimate of drug-likeness (QED) is 0.681. The monoisotopic (exact) mass is 397 g/mol. The summed E-state index contributed by atoms with van der Waals surface area (Å²) >= 11 is 0. The summed E-state index contributed by atoms with van der Waals surface area (Å²) in [7, 11) is 3.19. The molecular weight excluding hydrogens is 370 g/mol. The summed E-state index contributed by atoms with van der Waals surface area (Å²) in [5.74, 6) is 0.785. The van der Waals surface area contributed by atoms with E-state index in [0.717, 1.165) is 5.57 Å². The maximum atomic E-state index is 13.7. The minimum atomic E-state index is -1.04. The average Bonchev–Trinajstić information content (AvgIpc) is 3.23. The molecule has 4 rings (SSSR count). The Kier molecular flexibility index (Phi) is 4.39. The maximum Gasteiger partial charge on any atom is 0.229 e. The van der Waals surface area contributed by atoms with E-state index in [4.69, 9.17) is 23.6 Å². The molecule has 0 bridgehead atoms. The van der Waals surface area contributed by atoms with Crippen molar-refractivity contribution in [2.75, 3.05) is 14.2 Å². The highest BCUT2D eigenvalue weighted by molar-refractivity contribution is 6.16. The van der Waals surface area contributed by atoms with E-state index in [9.17, 15) is 4.79 Å². The van der Waals surface area contributed by atoms with E-state index in [2.05, 4.69) is 6.08 Å². The third-order valence-corrected chi connectivity index (χ3v) is 6.22. The molecule has 3 heterocycles. The molecule has 6 nitrogen and oxygen atoms in total. The van der Waals surface area contributed by atoms with E-state index >= 15 is 0 Å². The van der Waals surface area contributed by atoms with Crippen LogP contribution in [0.15, 0.2) is 39.7 Å². The predicted octanol–water partition coefficient (Wildman–Crippen LogP) is 4.93. The van der Waals surface area contributed by atoms with Gasteiger partial charge in [-0.3, -0.25) is 4.79 Å². The van der Waals surface area contributed by atoms with Crippen molar-refractivity contribution in [1.29, 1.82) is 0 Å². The summed E-state index contributed by atoms with van der Waals surface area (Å²) in [4.78, 5) is 18.5. The minimum absolute atomic E-state index is 0.107. The van der Waals surface area contributed by atoms with Crippen LogP contribution in [0.3, 0.4) is 0 Å². The van der Waals surface area contributed by atoms with Gasteiger partial charge in [0, 0.05) is 25.0 Å². The molecule has 0 saturated heterocycles. The van der Waals surface area contributed by atoms with Gasteiger partial charge in [-0.25, -0.2) is 4.98 Å². The first-order valence-corrected chi connectivity index (χ1v) is 9.80. The van der Waals surface area contributed by atoms with Gasteiger partial charge in [0.25, 0.3) is 0 Å². The Morgan fingerprint density at radius 2 is 2.03 bits per heavy atom. The number of rotatable bonds is 4. The number of nitrogens with zero attached hydrogens (tertiary/aromatic N) is 1. The van der Waals surface area contributed by atoms with Crippen molar-refractivity contribution < 1.29 is 23.4 Å². The third kappa shape index (κ3) is 2.58. The van der Waals surface area contributed by atoms with Crippen molar-refractivity contribution in [2.24, 2.45) is 5.92 Å². The number of carbonyl (C=O) groups is 1. The van der Waals surface area contributed by atoms with Crippen LogP contribution >= 0.6 is 0 Å². The molecule has 0 saturated carbocycles. The first kappa shape index (κ1) is 19.7. The molecule has 0 aromatic carbocycles. The molecule has 2 aliphatic rings. The molecule has 2 atom stereocenters. The zero-order valence-electron chi connectivity index (χ0n) is 18.0. The van der Waals surface area contributed by atoms with Gasteiger partial charge < -0.3 is 18.6 Å². The van der Waals surface area contributed by atoms with Crippen LogP contribution in [0.25, 0.3) is 11.1 Å². The minimum Gasteiger partial charge on any atom is -0.495 e. The number of methoxy groups -OCH3 is 2. The van der Waals surface area contributed by atoms with Crippen molar-refractivity contribution in [1.82, 2.24) is 4.98 Å². The molecule has 2 unspecified atom stereocenters. The molecule has 1 aliphatic carbocycles. The second-order valence-corrected chi connectivity index (χ2v) is 8.52. The van der Waals surface area contributed by atoms with Crippen molar-refractivity contribution >= 4 is 16.9 Å². The number of ether oxygens (including phenoxy) is 3. The highest BCUT2D eigenvalue weighted by atomic mass is 16.6. The van der Waals surface area contributed by atoms with Crippen molar-refractivity contribution in [2.45, 2.75) is 52.2 Å². The van der Waals surface area contributed by atoms with E-state index in [1.165, 1.54) is 0 Å². The fraction of sp³-hybridized carbons (Fsp3) is 0.478. The molecule has 154 valence electrons. The van der Waals surface area contributed by atoms with Gasteiger partial charge in [0.2, 0.25) is 5.71 Å². The van der Waals surface area contributed by atoms with Crippen LogP contribution in [0.2, 0.25) is 0 Å². The van der Waals surface area contributed by atoms with E-state index in [-0.39, 0.29) is 11.7 Å². The van der Waals surface area contributed by atoms with Crippen molar-refractivity contribution in [3.63, 3.8) is 0 Å². The van der Waals surface area contributed by atoms with Gasteiger partial charge in [0.05, 0.1) is 30.0 Å². The molecule has 6 heteroatoms. The maximum absolute atomic E-state index is 13.7. The summed E-state index contributed by atoms with van der Waals surface area (Å²) in [5, 5.41) is 0.668. The van der Waals surface area contributed by atoms with Crippen LogP contribution in [-0.2, 0) is 15.1 Å². The Morgan fingerprint density at radius 1 is 1.31 bits per heavy atom. The smallest absolute Gasteiger partial charge is 0.229 e. The number of fused-ring (bicyclic) bond motifs is 2. The van der Waals surface area contributed by atoms with Crippen LogP contribution < -0.4 is 4.74 Å². The number of furan rings is 1. The van der Waals surface area contributed by atoms with Gasteiger partial charge in [-0.05, 0) is 33.8 Å². The zero-order chi connectivity index (χ0) is 21.1. The first-order chi connectivity index (χ1) is 13.7. The normalized spacial score (nSPS) is 24.9. The SMILES string of the molecule is COc1c2c(nc3occc13)C(CC=C(C)C)(OC)C1=C(C2=O)C(C)C(C)(C)O1. The third-order valence-electron chi connectivity index (χ3n) is 6.22. The number of Topliss-reactive ketones (excluding diaryl/α,β-unsaturated/α-hetero) is 1. The Morgan fingerprint density at radius 3 is 2.66 bits per heavy atom. The van der Waals surface area contributed by atoms with Gasteiger partial charge in [0.15, 0.2) is 11.4 Å². The summed E-state index contributed by atoms with van der Waals surface area (Å²) in [6.07, 6.45) is 4.10. The number of carbonyl (C=O) groups excluding carboxylic acids is 1. The van der Waals surface area contributed by atoms with Gasteiger partial charge in [0.1, 0.15) is 17.1 Å². The first-order valence-electron chi connectivity index (χ1n) is 9.80. The number of pyridine rings is 1. The lowest BCUT2D eigenvalue weighted by Crippen LogP contribution is -2.39. The lowest BCUT2D eigenvalue weighted by atomic mass is 9.74. The van der Waals surface area contributed by atoms with Crippen LogP contribution in [0.4, 0.5) is 0 Å². The molecule has 2 aromatic rings. The largest absolute Gasteiger partial charge is 0.495 e. The molecule has 0 amide bonds. The predicted molar refractivity (Wildman–Crippen MR) is 109 cm³/mol. The Hall–Kier alpha value is -2.60. The molecule has 0 fully saturated rings. The van der Waals surface area contributed by atoms with Gasteiger partial charge in [-0.15, -0.1) is 0 Å². The highest BCUT2D eigenvalue weighted by Crippen LogP contribution is 2.55. The molecule has 0 radical (unpaired) electrons. The Bertz CT molecular complexity index is 1070. The Balaban J connectivity index is 2.11. The van der Waals surface area contributed by atoms with Crippen LogP contribution in [0.5, 0.6) is 5.75 Å². The summed E-state index contributed by atoms with van der Waals surface area (Å²) in [6, 6.07) is 1.77.